The van der Waals surface area contributed by atoms with Crippen molar-refractivity contribution >= 4 is 22.6 Å². The number of carbonyl (C=O) groups excluding carboxylic acids is 1. The van der Waals surface area contributed by atoms with Crippen LogP contribution in [0.15, 0.2) is 30.5 Å². The molecule has 5 heteroatoms. The Morgan fingerprint density at radius 2 is 2.14 bits per heavy atom. The van der Waals surface area contributed by atoms with Gasteiger partial charge in [-0.1, -0.05) is 13.0 Å². The van der Waals surface area contributed by atoms with Gasteiger partial charge in [0.1, 0.15) is 0 Å². The summed E-state index contributed by atoms with van der Waals surface area (Å²) in [4.78, 5) is 16.4. The van der Waals surface area contributed by atoms with Crippen molar-refractivity contribution in [2.75, 3.05) is 11.9 Å². The molecule has 0 aliphatic carbocycles. The Hall–Kier alpha value is -2.14. The molecular weight excluding hydrogens is 266 g/mol. The van der Waals surface area contributed by atoms with Crippen molar-refractivity contribution in [3.63, 3.8) is 0 Å². The highest BCUT2D eigenvalue weighted by Crippen LogP contribution is 2.23. The number of aryl methyl sites for hydroxylation is 1. The van der Waals surface area contributed by atoms with Crippen molar-refractivity contribution in [1.29, 1.82) is 0 Å². The van der Waals surface area contributed by atoms with Crippen molar-refractivity contribution in [2.24, 2.45) is 5.92 Å². The maximum Gasteiger partial charge on any atom is 0.319 e. The largest absolute Gasteiger partial charge is 0.396 e. The summed E-state index contributed by atoms with van der Waals surface area (Å²) in [5, 5.41) is 15.8. The molecule has 0 bridgehead atoms. The van der Waals surface area contributed by atoms with Gasteiger partial charge in [-0.15, -0.1) is 0 Å². The van der Waals surface area contributed by atoms with Crippen molar-refractivity contribution in [3.8, 4) is 0 Å². The molecule has 2 unspecified atom stereocenters. The van der Waals surface area contributed by atoms with E-state index in [2.05, 4.69) is 15.6 Å². The van der Waals surface area contributed by atoms with Crippen LogP contribution in [-0.2, 0) is 0 Å². The lowest BCUT2D eigenvalue weighted by Gasteiger charge is -2.20. The second kappa shape index (κ2) is 6.54. The maximum absolute atomic E-state index is 12.1. The van der Waals surface area contributed by atoms with Crippen LogP contribution in [0.4, 0.5) is 10.5 Å². The third kappa shape index (κ3) is 3.70. The molecule has 2 rings (SSSR count). The molecule has 2 atom stereocenters. The van der Waals surface area contributed by atoms with Crippen molar-refractivity contribution in [3.05, 3.63) is 36.0 Å². The highest BCUT2D eigenvalue weighted by molar-refractivity contribution is 6.00. The van der Waals surface area contributed by atoms with Gasteiger partial charge in [0.2, 0.25) is 0 Å². The second-order valence-electron chi connectivity index (χ2n) is 5.43. The lowest BCUT2D eigenvalue weighted by atomic mass is 10.1. The summed E-state index contributed by atoms with van der Waals surface area (Å²) < 4.78 is 0. The van der Waals surface area contributed by atoms with E-state index in [0.29, 0.717) is 5.69 Å². The number of fused-ring (bicyclic) bond motifs is 1. The van der Waals surface area contributed by atoms with Gasteiger partial charge >= 0.3 is 6.03 Å². The average Bonchev–Trinajstić information content (AvgIpc) is 2.45. The Balaban J connectivity index is 2.18. The predicted molar refractivity (Wildman–Crippen MR) is 84.3 cm³/mol. The smallest absolute Gasteiger partial charge is 0.319 e. The molecule has 5 nitrogen and oxygen atoms in total. The molecule has 1 aromatic heterocycles. The van der Waals surface area contributed by atoms with Crippen molar-refractivity contribution in [2.45, 2.75) is 26.8 Å². The molecule has 1 heterocycles. The van der Waals surface area contributed by atoms with Crippen molar-refractivity contribution in [1.82, 2.24) is 10.3 Å². The summed E-state index contributed by atoms with van der Waals surface area (Å²) in [5.41, 5.74) is 2.51. The fourth-order valence-electron chi connectivity index (χ4n) is 2.10. The van der Waals surface area contributed by atoms with Gasteiger partial charge in [0.05, 0.1) is 11.2 Å². The van der Waals surface area contributed by atoms with Gasteiger partial charge in [0.25, 0.3) is 0 Å². The number of hydrogen-bond acceptors (Lipinski definition) is 3. The third-order valence-corrected chi connectivity index (χ3v) is 3.60. The fourth-order valence-corrected chi connectivity index (χ4v) is 2.10. The molecule has 0 saturated carbocycles. The number of carbonyl (C=O) groups is 1. The SMILES string of the molecule is Cc1cc(NC(=O)NC(C)C(C)CO)c2ncccc2c1. The number of benzene rings is 1. The minimum Gasteiger partial charge on any atom is -0.396 e. The quantitative estimate of drug-likeness (QED) is 0.809. The van der Waals surface area contributed by atoms with Crippen LogP contribution in [0.2, 0.25) is 0 Å². The first kappa shape index (κ1) is 15.3. The van der Waals surface area contributed by atoms with Gasteiger partial charge in [-0.2, -0.15) is 0 Å². The minimum absolute atomic E-state index is 0.00290. The van der Waals surface area contributed by atoms with Gasteiger partial charge in [-0.3, -0.25) is 4.98 Å². The molecule has 0 saturated heterocycles. The van der Waals surface area contributed by atoms with E-state index in [1.54, 1.807) is 6.20 Å². The van der Waals surface area contributed by atoms with E-state index in [4.69, 9.17) is 5.11 Å². The summed E-state index contributed by atoms with van der Waals surface area (Å²) in [6.07, 6.45) is 1.71. The lowest BCUT2D eigenvalue weighted by molar-refractivity contribution is 0.204. The van der Waals surface area contributed by atoms with Gasteiger partial charge in [0, 0.05) is 24.2 Å². The number of urea groups is 1. The summed E-state index contributed by atoms with van der Waals surface area (Å²) in [5.74, 6) is 0.00290. The Morgan fingerprint density at radius 3 is 2.86 bits per heavy atom. The molecule has 3 N–H and O–H groups in total. The number of aliphatic hydroxyl groups is 1. The second-order valence-corrected chi connectivity index (χ2v) is 5.43. The molecule has 1 aromatic carbocycles. The fraction of sp³-hybridized carbons (Fsp3) is 0.375. The van der Waals surface area contributed by atoms with Crippen LogP contribution in [0.5, 0.6) is 0 Å². The topological polar surface area (TPSA) is 74.2 Å². The molecule has 0 spiro atoms. The van der Waals surface area contributed by atoms with Gasteiger partial charge < -0.3 is 15.7 Å². The molecule has 21 heavy (non-hydrogen) atoms. The number of aromatic nitrogens is 1. The van der Waals surface area contributed by atoms with Crippen molar-refractivity contribution < 1.29 is 9.90 Å². The number of pyridine rings is 1. The molecule has 2 amide bonds. The lowest BCUT2D eigenvalue weighted by Crippen LogP contribution is -2.40. The van der Waals surface area contributed by atoms with Gasteiger partial charge in [-0.25, -0.2) is 4.79 Å². The summed E-state index contributed by atoms with van der Waals surface area (Å²) in [7, 11) is 0. The Bertz CT molecular complexity index is 642. The molecule has 2 aromatic rings. The predicted octanol–water partition coefficient (Wildman–Crippen LogP) is 2.68. The van der Waals surface area contributed by atoms with E-state index >= 15 is 0 Å². The molecule has 0 aliphatic heterocycles. The van der Waals surface area contributed by atoms with Crippen LogP contribution in [0.1, 0.15) is 19.4 Å². The zero-order valence-corrected chi connectivity index (χ0v) is 12.6. The summed E-state index contributed by atoms with van der Waals surface area (Å²) in [6.45, 7) is 5.77. The van der Waals surface area contributed by atoms with E-state index in [-0.39, 0.29) is 24.6 Å². The van der Waals surface area contributed by atoms with Crippen LogP contribution < -0.4 is 10.6 Å². The van der Waals surface area contributed by atoms with Crippen LogP contribution in [0.25, 0.3) is 10.9 Å². The third-order valence-electron chi connectivity index (χ3n) is 3.60. The molecule has 0 radical (unpaired) electrons. The first-order valence-corrected chi connectivity index (χ1v) is 7.05. The first-order valence-electron chi connectivity index (χ1n) is 7.05. The number of nitrogens with one attached hydrogen (secondary N) is 2. The number of aliphatic hydroxyl groups excluding tert-OH is 1. The number of anilines is 1. The van der Waals surface area contributed by atoms with E-state index in [9.17, 15) is 4.79 Å². The van der Waals surface area contributed by atoms with E-state index in [0.717, 1.165) is 16.5 Å². The number of hydrogen-bond donors (Lipinski definition) is 3. The van der Waals surface area contributed by atoms with E-state index < -0.39 is 0 Å². The number of rotatable bonds is 4. The highest BCUT2D eigenvalue weighted by Gasteiger charge is 2.14. The van der Waals surface area contributed by atoms with Crippen LogP contribution in [-0.4, -0.2) is 28.8 Å². The zero-order chi connectivity index (χ0) is 15.4. The molecule has 0 fully saturated rings. The monoisotopic (exact) mass is 287 g/mol. The Kier molecular flexibility index (Phi) is 4.75. The first-order chi connectivity index (χ1) is 10.0. The Morgan fingerprint density at radius 1 is 1.38 bits per heavy atom. The van der Waals surface area contributed by atoms with Gasteiger partial charge in [0.15, 0.2) is 0 Å². The molecular formula is C16H21N3O2. The maximum atomic E-state index is 12.1. The van der Waals surface area contributed by atoms with E-state index in [1.807, 2.05) is 45.0 Å². The summed E-state index contributed by atoms with van der Waals surface area (Å²) >= 11 is 0. The molecule has 0 aliphatic rings. The van der Waals surface area contributed by atoms with Crippen LogP contribution >= 0.6 is 0 Å². The van der Waals surface area contributed by atoms with Gasteiger partial charge in [-0.05, 0) is 43.5 Å². The van der Waals surface area contributed by atoms with E-state index in [1.165, 1.54) is 0 Å². The van der Waals surface area contributed by atoms with Crippen LogP contribution in [0, 0.1) is 12.8 Å². The average molecular weight is 287 g/mol. The highest BCUT2D eigenvalue weighted by atomic mass is 16.3. The Labute approximate surface area is 124 Å². The summed E-state index contributed by atoms with van der Waals surface area (Å²) in [6, 6.07) is 7.36. The minimum atomic E-state index is -0.291. The standard InChI is InChI=1S/C16H21N3O2/c1-10-7-13-5-4-6-17-15(13)14(8-10)19-16(21)18-12(3)11(2)9-20/h4-8,11-12,20H,9H2,1-3H3,(H2,18,19,21). The van der Waals surface area contributed by atoms with Crippen LogP contribution in [0.3, 0.4) is 0 Å². The number of amides is 2. The zero-order valence-electron chi connectivity index (χ0n) is 12.6. The number of nitrogens with zero attached hydrogens (tertiary/aromatic N) is 1. The normalized spacial score (nSPS) is 13.7. The molecule has 112 valence electrons.